The minimum absolute atomic E-state index is 0.187. The molecule has 1 aliphatic rings. The van der Waals surface area contributed by atoms with E-state index in [0.717, 1.165) is 36.8 Å². The first-order valence-electron chi connectivity index (χ1n) is 7.71. The van der Waals surface area contributed by atoms with Gasteiger partial charge in [-0.05, 0) is 31.7 Å². The molecule has 0 aliphatic carbocycles. The summed E-state index contributed by atoms with van der Waals surface area (Å²) in [7, 11) is 2.09. The maximum atomic E-state index is 5.44. The molecule has 1 atom stereocenters. The van der Waals surface area contributed by atoms with Crippen LogP contribution in [0, 0.1) is 0 Å². The molecule has 1 N–H and O–H groups in total. The number of nitrogens with zero attached hydrogens (tertiary/aromatic N) is 3. The normalized spacial score (nSPS) is 19.3. The van der Waals surface area contributed by atoms with Crippen molar-refractivity contribution in [2.24, 2.45) is 0 Å². The van der Waals surface area contributed by atoms with Crippen molar-refractivity contribution >= 4 is 0 Å². The van der Waals surface area contributed by atoms with Crippen LogP contribution < -0.4 is 10.1 Å². The lowest BCUT2D eigenvalue weighted by molar-refractivity contribution is 0.190. The Kier molecular flexibility index (Phi) is 4.70. The average molecular weight is 302 g/mol. The minimum Gasteiger partial charge on any atom is -0.494 e. The molecule has 1 unspecified atom stereocenters. The second-order valence-electron chi connectivity index (χ2n) is 5.50. The van der Waals surface area contributed by atoms with E-state index < -0.39 is 0 Å². The molecular weight excluding hydrogens is 280 g/mol. The van der Waals surface area contributed by atoms with Crippen molar-refractivity contribution in [3.05, 3.63) is 41.5 Å². The SMILES string of the molecule is CCOc1ccc(Cc2nc(C3CNCCN3C)no2)cc1. The molecule has 1 saturated heterocycles. The summed E-state index contributed by atoms with van der Waals surface area (Å²) in [4.78, 5) is 6.80. The lowest BCUT2D eigenvalue weighted by atomic mass is 10.1. The topological polar surface area (TPSA) is 63.4 Å². The molecule has 1 aliphatic heterocycles. The van der Waals surface area contributed by atoms with Crippen molar-refractivity contribution in [1.29, 1.82) is 0 Å². The second-order valence-corrected chi connectivity index (χ2v) is 5.50. The van der Waals surface area contributed by atoms with Gasteiger partial charge in [-0.2, -0.15) is 4.98 Å². The number of ether oxygens (including phenoxy) is 1. The summed E-state index contributed by atoms with van der Waals surface area (Å²) in [5.74, 6) is 2.29. The van der Waals surface area contributed by atoms with Crippen LogP contribution in [0.25, 0.3) is 0 Å². The fourth-order valence-corrected chi connectivity index (χ4v) is 2.61. The van der Waals surface area contributed by atoms with Gasteiger partial charge in [0.25, 0.3) is 0 Å². The Balaban J connectivity index is 1.66. The maximum absolute atomic E-state index is 5.44. The molecule has 0 amide bonds. The highest BCUT2D eigenvalue weighted by atomic mass is 16.5. The van der Waals surface area contributed by atoms with Crippen molar-refractivity contribution in [2.75, 3.05) is 33.3 Å². The average Bonchev–Trinajstić information content (AvgIpc) is 2.98. The Bertz CT molecular complexity index is 596. The van der Waals surface area contributed by atoms with Gasteiger partial charge < -0.3 is 14.6 Å². The number of likely N-dealkylation sites (N-methyl/N-ethyl adjacent to an activating group) is 1. The Morgan fingerprint density at radius 1 is 1.36 bits per heavy atom. The van der Waals surface area contributed by atoms with Crippen LogP contribution in [0.1, 0.15) is 30.2 Å². The van der Waals surface area contributed by atoms with Gasteiger partial charge in [0.2, 0.25) is 5.89 Å². The van der Waals surface area contributed by atoms with Crippen LogP contribution in [-0.2, 0) is 6.42 Å². The summed E-state index contributed by atoms with van der Waals surface area (Å²) in [6.45, 7) is 5.51. The molecule has 22 heavy (non-hydrogen) atoms. The van der Waals surface area contributed by atoms with Crippen molar-refractivity contribution < 1.29 is 9.26 Å². The van der Waals surface area contributed by atoms with Crippen LogP contribution in [0.3, 0.4) is 0 Å². The summed E-state index contributed by atoms with van der Waals surface area (Å²) < 4.78 is 10.8. The van der Waals surface area contributed by atoms with Gasteiger partial charge in [-0.3, -0.25) is 4.90 Å². The van der Waals surface area contributed by atoms with Crippen molar-refractivity contribution in [3.63, 3.8) is 0 Å². The smallest absolute Gasteiger partial charge is 0.231 e. The van der Waals surface area contributed by atoms with Crippen LogP contribution in [0.2, 0.25) is 0 Å². The van der Waals surface area contributed by atoms with E-state index in [0.29, 0.717) is 18.9 Å². The van der Waals surface area contributed by atoms with E-state index in [2.05, 4.69) is 27.4 Å². The summed E-state index contributed by atoms with van der Waals surface area (Å²) >= 11 is 0. The fourth-order valence-electron chi connectivity index (χ4n) is 2.61. The van der Waals surface area contributed by atoms with Crippen molar-refractivity contribution in [2.45, 2.75) is 19.4 Å². The van der Waals surface area contributed by atoms with Gasteiger partial charge in [0, 0.05) is 19.6 Å². The van der Waals surface area contributed by atoms with E-state index >= 15 is 0 Å². The van der Waals surface area contributed by atoms with Crippen LogP contribution in [0.15, 0.2) is 28.8 Å². The maximum Gasteiger partial charge on any atom is 0.231 e. The molecule has 0 spiro atoms. The van der Waals surface area contributed by atoms with Gasteiger partial charge in [0.1, 0.15) is 5.75 Å². The van der Waals surface area contributed by atoms with Gasteiger partial charge in [0.15, 0.2) is 5.82 Å². The predicted octanol–water partition coefficient (Wildman–Crippen LogP) is 1.64. The first-order chi connectivity index (χ1) is 10.8. The summed E-state index contributed by atoms with van der Waals surface area (Å²) in [6, 6.07) is 8.18. The number of aromatic nitrogens is 2. The molecule has 1 aromatic carbocycles. The molecule has 1 aromatic heterocycles. The van der Waals surface area contributed by atoms with Crippen LogP contribution in [0.5, 0.6) is 5.75 Å². The molecule has 2 aromatic rings. The first-order valence-corrected chi connectivity index (χ1v) is 7.71. The zero-order valence-electron chi connectivity index (χ0n) is 13.1. The molecule has 118 valence electrons. The summed E-state index contributed by atoms with van der Waals surface area (Å²) in [6.07, 6.45) is 0.642. The standard InChI is InChI=1S/C16H22N4O2/c1-3-21-13-6-4-12(5-7-13)10-15-18-16(19-22-15)14-11-17-8-9-20(14)2/h4-7,14,17H,3,8-11H2,1-2H3. The number of hydrogen-bond donors (Lipinski definition) is 1. The molecular formula is C16H22N4O2. The predicted molar refractivity (Wildman–Crippen MR) is 83.0 cm³/mol. The Morgan fingerprint density at radius 2 is 2.18 bits per heavy atom. The molecule has 0 bridgehead atoms. The molecule has 6 heteroatoms. The van der Waals surface area contributed by atoms with Crippen LogP contribution >= 0.6 is 0 Å². The molecule has 0 saturated carbocycles. The lowest BCUT2D eigenvalue weighted by Crippen LogP contribution is -2.44. The van der Waals surface area contributed by atoms with Crippen molar-refractivity contribution in [3.8, 4) is 5.75 Å². The molecule has 6 nitrogen and oxygen atoms in total. The third kappa shape index (κ3) is 3.45. The van der Waals surface area contributed by atoms with E-state index in [-0.39, 0.29) is 6.04 Å². The van der Waals surface area contributed by atoms with E-state index in [1.54, 1.807) is 0 Å². The van der Waals surface area contributed by atoms with Gasteiger partial charge in [-0.1, -0.05) is 17.3 Å². The van der Waals surface area contributed by atoms with Crippen LogP contribution in [-0.4, -0.2) is 48.3 Å². The molecule has 0 radical (unpaired) electrons. The zero-order chi connectivity index (χ0) is 15.4. The summed E-state index contributed by atoms with van der Waals surface area (Å²) in [5.41, 5.74) is 1.13. The van der Waals surface area contributed by atoms with E-state index in [1.165, 1.54) is 0 Å². The van der Waals surface area contributed by atoms with Gasteiger partial charge in [0.05, 0.1) is 19.1 Å². The van der Waals surface area contributed by atoms with Gasteiger partial charge >= 0.3 is 0 Å². The number of benzene rings is 1. The molecule has 3 rings (SSSR count). The van der Waals surface area contributed by atoms with E-state index in [9.17, 15) is 0 Å². The lowest BCUT2D eigenvalue weighted by Gasteiger charge is -2.30. The summed E-state index contributed by atoms with van der Waals surface area (Å²) in [5, 5.41) is 7.50. The molecule has 1 fully saturated rings. The third-order valence-electron chi connectivity index (χ3n) is 3.88. The monoisotopic (exact) mass is 302 g/mol. The largest absolute Gasteiger partial charge is 0.494 e. The number of piperazine rings is 1. The highest BCUT2D eigenvalue weighted by molar-refractivity contribution is 5.28. The van der Waals surface area contributed by atoms with Crippen molar-refractivity contribution in [1.82, 2.24) is 20.4 Å². The quantitative estimate of drug-likeness (QED) is 0.906. The number of nitrogens with one attached hydrogen (secondary N) is 1. The minimum atomic E-state index is 0.187. The van der Waals surface area contributed by atoms with Crippen LogP contribution in [0.4, 0.5) is 0 Å². The van der Waals surface area contributed by atoms with E-state index in [4.69, 9.17) is 9.26 Å². The Labute approximate surface area is 130 Å². The Hall–Kier alpha value is -1.92. The Morgan fingerprint density at radius 3 is 2.91 bits per heavy atom. The highest BCUT2D eigenvalue weighted by Gasteiger charge is 2.25. The first kappa shape index (κ1) is 15.0. The second kappa shape index (κ2) is 6.89. The number of hydrogen-bond acceptors (Lipinski definition) is 6. The fraction of sp³-hybridized carbons (Fsp3) is 0.500. The number of rotatable bonds is 5. The van der Waals surface area contributed by atoms with Gasteiger partial charge in [-0.25, -0.2) is 0 Å². The molecule has 2 heterocycles. The van der Waals surface area contributed by atoms with E-state index in [1.807, 2.05) is 31.2 Å². The zero-order valence-corrected chi connectivity index (χ0v) is 13.1. The van der Waals surface area contributed by atoms with Gasteiger partial charge in [-0.15, -0.1) is 0 Å². The highest BCUT2D eigenvalue weighted by Crippen LogP contribution is 2.19. The third-order valence-corrected chi connectivity index (χ3v) is 3.88.